The molecule has 2 fully saturated rings. The Hall–Kier alpha value is -2.61. The topological polar surface area (TPSA) is 0 Å². The molecule has 0 spiro atoms. The average molecular weight is 934 g/mol. The Morgan fingerprint density at radius 3 is 1.26 bits per heavy atom. The molecular formula is C44H42Cl2F6Hf. The molecule has 1 saturated carbocycles. The van der Waals surface area contributed by atoms with Crippen molar-refractivity contribution in [1.82, 2.24) is 0 Å². The fourth-order valence-corrected chi connectivity index (χ4v) is 46.0. The molecule has 0 radical (unpaired) electrons. The Labute approximate surface area is 325 Å². The fourth-order valence-electron chi connectivity index (χ4n) is 10.5. The summed E-state index contributed by atoms with van der Waals surface area (Å²) in [4.78, 5) is 0. The molecular weight excluding hydrogens is 892 g/mol. The second-order valence-corrected chi connectivity index (χ2v) is 31.7. The minimum atomic E-state index is -4.38. The van der Waals surface area contributed by atoms with Gasteiger partial charge in [0, 0.05) is 0 Å². The third kappa shape index (κ3) is 6.73. The first kappa shape index (κ1) is 40.1. The molecule has 0 nitrogen and oxygen atoms in total. The summed E-state index contributed by atoms with van der Waals surface area (Å²) < 4.78 is 83.3. The standard InChI is InChI=1S/2C19H16F3.C6H10.2ClH.Hf/c2*1-2-4-13-11-15-5-3-6-17(18(15)12-13)14-7-9-16(10-8-14)19(20,21)22;1-2-4-6-5-3-1;;;/h2*3,5-12H,2,4H2,1H3;1-2H,3-6H2;2*1H;/q;;;;;+2/p-2. The quantitative estimate of drug-likeness (QED) is 0.123. The van der Waals surface area contributed by atoms with Crippen LogP contribution in [0.1, 0.15) is 106 Å². The average Bonchev–Trinajstić information content (AvgIpc) is 3.38. The van der Waals surface area contributed by atoms with Gasteiger partial charge in [-0.1, -0.05) is 0 Å². The summed E-state index contributed by atoms with van der Waals surface area (Å²) in [5.74, 6) is 0. The fraction of sp³-hybridized carbons (Fsp3) is 0.364. The number of rotatable bonds is 8. The third-order valence-corrected chi connectivity index (χ3v) is 37.3. The Bertz CT molecular complexity index is 1880. The third-order valence-electron chi connectivity index (χ3n) is 12.4. The Morgan fingerprint density at radius 2 is 0.925 bits per heavy atom. The Kier molecular flexibility index (Phi) is 11.4. The van der Waals surface area contributed by atoms with Gasteiger partial charge in [0.05, 0.1) is 0 Å². The van der Waals surface area contributed by atoms with Crippen LogP contribution < -0.4 is 24.8 Å². The molecule has 4 aromatic carbocycles. The Morgan fingerprint density at radius 1 is 0.547 bits per heavy atom. The van der Waals surface area contributed by atoms with Crippen molar-refractivity contribution in [3.05, 3.63) is 129 Å². The van der Waals surface area contributed by atoms with Crippen molar-refractivity contribution >= 4 is 12.2 Å². The van der Waals surface area contributed by atoms with E-state index in [0.717, 1.165) is 55.3 Å². The van der Waals surface area contributed by atoms with E-state index in [9.17, 15) is 26.3 Å². The van der Waals surface area contributed by atoms with E-state index in [1.54, 1.807) is 24.3 Å². The van der Waals surface area contributed by atoms with E-state index >= 15 is 0 Å². The van der Waals surface area contributed by atoms with Gasteiger partial charge in [-0.15, -0.1) is 0 Å². The molecule has 278 valence electrons. The monoisotopic (exact) mass is 934 g/mol. The van der Waals surface area contributed by atoms with Crippen molar-refractivity contribution in [3.8, 4) is 22.3 Å². The van der Waals surface area contributed by atoms with Crippen molar-refractivity contribution in [2.45, 2.75) is 92.3 Å². The van der Waals surface area contributed by atoms with E-state index in [-0.39, 0.29) is 24.8 Å². The van der Waals surface area contributed by atoms with Gasteiger partial charge in [-0.2, -0.15) is 0 Å². The second kappa shape index (κ2) is 15.1. The largest absolute Gasteiger partial charge is 1.00 e. The maximum atomic E-state index is 13.5. The van der Waals surface area contributed by atoms with Crippen LogP contribution in [-0.2, 0) is 32.3 Å². The maximum absolute atomic E-state index is 13.5. The summed E-state index contributed by atoms with van der Waals surface area (Å²) in [6.07, 6.45) is 5.22. The first-order valence-electron chi connectivity index (χ1n) is 18.5. The van der Waals surface area contributed by atoms with Crippen LogP contribution in [0.15, 0.2) is 96.1 Å². The molecule has 4 unspecified atom stereocenters. The number of hydrogen-bond acceptors (Lipinski definition) is 0. The van der Waals surface area contributed by atoms with Crippen LogP contribution in [0.5, 0.6) is 0 Å². The molecule has 4 atom stereocenters. The first-order chi connectivity index (χ1) is 24.5. The van der Waals surface area contributed by atoms with Gasteiger partial charge in [0.1, 0.15) is 0 Å². The summed E-state index contributed by atoms with van der Waals surface area (Å²) in [5.41, 5.74) is 10.5. The van der Waals surface area contributed by atoms with Crippen LogP contribution in [0.3, 0.4) is 0 Å². The minimum absolute atomic E-state index is 0. The van der Waals surface area contributed by atoms with Crippen molar-refractivity contribution in [1.29, 1.82) is 0 Å². The zero-order valence-electron chi connectivity index (χ0n) is 29.7. The summed E-state index contributed by atoms with van der Waals surface area (Å²) in [6, 6.07) is 24.2. The zero-order valence-corrected chi connectivity index (χ0v) is 34.8. The summed E-state index contributed by atoms with van der Waals surface area (Å²) in [6.45, 7) is 4.48. The molecule has 0 amide bonds. The van der Waals surface area contributed by atoms with Crippen LogP contribution >= 0.6 is 0 Å². The van der Waals surface area contributed by atoms with Crippen LogP contribution in [0, 0.1) is 0 Å². The smallest absolute Gasteiger partial charge is 1.00 e. The molecule has 0 N–H and O–H groups in total. The Balaban J connectivity index is 0.00000240. The predicted molar refractivity (Wildman–Crippen MR) is 191 cm³/mol. The SMILES string of the molecule is CCCC1=Cc2c(-c3ccc(C(F)(F)F)cc3)cccc2[CH]1[Hf+2]1([CH]2C(CCC)=Cc3c(-c4ccc(C(F)(F)F)cc4)cccc32)[CH]2CCCC[CH]21.[Cl-].[Cl-]. The molecule has 1 heterocycles. The van der Waals surface area contributed by atoms with Gasteiger partial charge < -0.3 is 24.8 Å². The number of halogens is 8. The maximum Gasteiger partial charge on any atom is -1.00 e. The van der Waals surface area contributed by atoms with Crippen LogP contribution in [0.25, 0.3) is 34.4 Å². The van der Waals surface area contributed by atoms with Gasteiger partial charge >= 0.3 is 302 Å². The number of fused-ring (bicyclic) bond motifs is 3. The number of alkyl halides is 6. The van der Waals surface area contributed by atoms with Crippen LogP contribution in [0.2, 0.25) is 7.35 Å². The molecule has 9 heteroatoms. The molecule has 4 aromatic rings. The number of benzene rings is 4. The van der Waals surface area contributed by atoms with E-state index in [0.29, 0.717) is 7.35 Å². The van der Waals surface area contributed by atoms with Crippen molar-refractivity contribution in [3.63, 3.8) is 0 Å². The second-order valence-electron chi connectivity index (χ2n) is 15.1. The van der Waals surface area contributed by atoms with Crippen LogP contribution in [-0.4, -0.2) is 0 Å². The number of hydrogen-bond donors (Lipinski definition) is 0. The molecule has 1 saturated heterocycles. The van der Waals surface area contributed by atoms with Gasteiger partial charge in [-0.3, -0.25) is 0 Å². The predicted octanol–water partition coefficient (Wildman–Crippen LogP) is 8.56. The summed E-state index contributed by atoms with van der Waals surface area (Å²) in [5, 5.41) is 0. The van der Waals surface area contributed by atoms with Crippen molar-refractivity contribution < 1.29 is 71.1 Å². The van der Waals surface area contributed by atoms with Crippen molar-refractivity contribution in [2.24, 2.45) is 0 Å². The van der Waals surface area contributed by atoms with Gasteiger partial charge in [-0.25, -0.2) is 0 Å². The molecule has 3 aliphatic carbocycles. The van der Waals surface area contributed by atoms with Gasteiger partial charge in [0.2, 0.25) is 0 Å². The molecule has 0 bridgehead atoms. The van der Waals surface area contributed by atoms with E-state index in [4.69, 9.17) is 0 Å². The van der Waals surface area contributed by atoms with Gasteiger partial charge in [-0.05, 0) is 0 Å². The molecule has 8 rings (SSSR count). The summed E-state index contributed by atoms with van der Waals surface area (Å²) in [7, 11) is 0. The van der Waals surface area contributed by atoms with Crippen LogP contribution in [0.4, 0.5) is 26.3 Å². The van der Waals surface area contributed by atoms with Crippen molar-refractivity contribution in [2.75, 3.05) is 0 Å². The summed E-state index contributed by atoms with van der Waals surface area (Å²) >= 11 is -3.55. The molecule has 0 aromatic heterocycles. The van der Waals surface area contributed by atoms with E-state index < -0.39 is 43.4 Å². The first-order valence-corrected chi connectivity index (χ1v) is 26.8. The number of allylic oxidation sites excluding steroid dienone is 2. The van der Waals surface area contributed by atoms with Gasteiger partial charge in [0.15, 0.2) is 0 Å². The van der Waals surface area contributed by atoms with Gasteiger partial charge in [0.25, 0.3) is 0 Å². The molecule has 53 heavy (non-hydrogen) atoms. The normalized spacial score (nSPS) is 23.0. The molecule has 1 aliphatic heterocycles. The molecule has 4 aliphatic rings. The van der Waals surface area contributed by atoms with E-state index in [2.05, 4.69) is 62.4 Å². The zero-order chi connectivity index (χ0) is 35.7. The van der Waals surface area contributed by atoms with E-state index in [1.165, 1.54) is 83.3 Å². The minimum Gasteiger partial charge on any atom is -1.00 e. The van der Waals surface area contributed by atoms with E-state index in [1.807, 2.05) is 0 Å².